The maximum absolute atomic E-state index is 12.1. The van der Waals surface area contributed by atoms with Crippen LogP contribution in [0.25, 0.3) is 0 Å². The van der Waals surface area contributed by atoms with Crippen LogP contribution >= 0.6 is 0 Å². The molecule has 6 nitrogen and oxygen atoms in total. The molecular weight excluding hydrogens is 272 g/mol. The number of pyridine rings is 1. The minimum Gasteiger partial charge on any atom is -0.496 e. The minimum atomic E-state index is -0.503. The molecule has 0 amide bonds. The third kappa shape index (κ3) is 3.62. The van der Waals surface area contributed by atoms with Gasteiger partial charge in [-0.15, -0.1) is 0 Å². The van der Waals surface area contributed by atoms with E-state index in [9.17, 15) is 4.79 Å². The third-order valence-electron chi connectivity index (χ3n) is 2.79. The zero-order valence-corrected chi connectivity index (χ0v) is 11.8. The number of aromatic nitrogens is 1. The molecule has 1 aromatic heterocycles. The van der Waals surface area contributed by atoms with E-state index in [0.717, 1.165) is 0 Å². The predicted octanol–water partition coefficient (Wildman–Crippen LogP) is 2.04. The first-order chi connectivity index (χ1) is 10.1. The zero-order valence-electron chi connectivity index (χ0n) is 11.8. The van der Waals surface area contributed by atoms with Crippen LogP contribution in [0.15, 0.2) is 36.4 Å². The average molecular weight is 288 g/mol. The molecule has 0 aliphatic rings. The largest absolute Gasteiger partial charge is 0.496 e. The smallest absolute Gasteiger partial charge is 0.342 e. The van der Waals surface area contributed by atoms with Crippen LogP contribution in [-0.2, 0) is 11.3 Å². The number of ether oxygens (including phenoxy) is 3. The second-order valence-corrected chi connectivity index (χ2v) is 4.21. The molecule has 0 unspecified atom stereocenters. The maximum Gasteiger partial charge on any atom is 0.342 e. The first kappa shape index (κ1) is 14.6. The fourth-order valence-electron chi connectivity index (χ4n) is 1.75. The topological polar surface area (TPSA) is 83.7 Å². The molecule has 0 fully saturated rings. The first-order valence-corrected chi connectivity index (χ1v) is 6.24. The fourth-order valence-corrected chi connectivity index (χ4v) is 1.75. The Bertz CT molecular complexity index is 643. The van der Waals surface area contributed by atoms with E-state index in [-0.39, 0.29) is 6.61 Å². The fraction of sp³-hybridized carbons (Fsp3) is 0.200. The van der Waals surface area contributed by atoms with Crippen LogP contribution in [0.1, 0.15) is 16.1 Å². The highest BCUT2D eigenvalue weighted by Gasteiger charge is 2.14. The molecule has 2 aromatic rings. The van der Waals surface area contributed by atoms with Gasteiger partial charge in [0.2, 0.25) is 5.88 Å². The summed E-state index contributed by atoms with van der Waals surface area (Å²) in [4.78, 5) is 16.2. The van der Waals surface area contributed by atoms with E-state index >= 15 is 0 Å². The Hall–Kier alpha value is -2.76. The monoisotopic (exact) mass is 288 g/mol. The van der Waals surface area contributed by atoms with Gasteiger partial charge < -0.3 is 19.9 Å². The lowest BCUT2D eigenvalue weighted by Crippen LogP contribution is -2.08. The molecule has 1 heterocycles. The lowest BCUT2D eigenvalue weighted by Gasteiger charge is -2.09. The quantitative estimate of drug-likeness (QED) is 0.669. The Balaban J connectivity index is 2.08. The van der Waals surface area contributed by atoms with Crippen molar-refractivity contribution in [3.05, 3.63) is 47.7 Å². The van der Waals surface area contributed by atoms with Gasteiger partial charge in [-0.25, -0.2) is 9.78 Å². The van der Waals surface area contributed by atoms with Gasteiger partial charge in [0.1, 0.15) is 17.9 Å². The summed E-state index contributed by atoms with van der Waals surface area (Å²) in [6.07, 6.45) is 0. The number of nitrogen functional groups attached to an aromatic ring is 1. The second kappa shape index (κ2) is 6.60. The molecule has 0 radical (unpaired) electrons. The summed E-state index contributed by atoms with van der Waals surface area (Å²) in [7, 11) is 2.99. The molecule has 110 valence electrons. The number of nitrogens with zero attached hydrogens (tertiary/aromatic N) is 1. The van der Waals surface area contributed by atoms with Gasteiger partial charge in [-0.05, 0) is 18.2 Å². The van der Waals surface area contributed by atoms with Crippen LogP contribution in [0, 0.1) is 0 Å². The lowest BCUT2D eigenvalue weighted by atomic mass is 10.2. The van der Waals surface area contributed by atoms with Crippen LogP contribution in [0.5, 0.6) is 11.6 Å². The van der Waals surface area contributed by atoms with Crippen molar-refractivity contribution >= 4 is 11.7 Å². The molecule has 2 N–H and O–H groups in total. The van der Waals surface area contributed by atoms with Gasteiger partial charge in [-0.2, -0.15) is 0 Å². The molecule has 0 aliphatic heterocycles. The zero-order chi connectivity index (χ0) is 15.2. The van der Waals surface area contributed by atoms with Gasteiger partial charge in [-0.1, -0.05) is 6.07 Å². The molecule has 0 saturated carbocycles. The molecule has 2 rings (SSSR count). The van der Waals surface area contributed by atoms with Crippen molar-refractivity contribution in [3.8, 4) is 11.6 Å². The normalized spacial score (nSPS) is 10.0. The molecule has 21 heavy (non-hydrogen) atoms. The number of nitrogens with two attached hydrogens (primary N) is 1. The molecule has 0 saturated heterocycles. The number of carbonyl (C=O) groups excluding carboxylic acids is 1. The van der Waals surface area contributed by atoms with Gasteiger partial charge in [0.05, 0.1) is 19.9 Å². The summed E-state index contributed by atoms with van der Waals surface area (Å²) < 4.78 is 15.3. The number of methoxy groups -OCH3 is 2. The van der Waals surface area contributed by atoms with Crippen LogP contribution in [0.4, 0.5) is 5.69 Å². The Kier molecular flexibility index (Phi) is 4.61. The van der Waals surface area contributed by atoms with Crippen molar-refractivity contribution in [2.75, 3.05) is 20.0 Å². The van der Waals surface area contributed by atoms with E-state index in [2.05, 4.69) is 4.98 Å². The van der Waals surface area contributed by atoms with E-state index in [1.165, 1.54) is 14.2 Å². The van der Waals surface area contributed by atoms with Gasteiger partial charge in [0, 0.05) is 17.8 Å². The third-order valence-corrected chi connectivity index (χ3v) is 2.79. The SMILES string of the molecule is COc1cccc(COC(=O)c2ccc(N)cc2OC)n1. The summed E-state index contributed by atoms with van der Waals surface area (Å²) in [6, 6.07) is 9.99. The number of anilines is 1. The highest BCUT2D eigenvalue weighted by atomic mass is 16.5. The predicted molar refractivity (Wildman–Crippen MR) is 77.3 cm³/mol. The van der Waals surface area contributed by atoms with Crippen molar-refractivity contribution in [2.24, 2.45) is 0 Å². The highest BCUT2D eigenvalue weighted by molar-refractivity contribution is 5.93. The number of hydrogen-bond donors (Lipinski definition) is 1. The van der Waals surface area contributed by atoms with E-state index < -0.39 is 5.97 Å². The van der Waals surface area contributed by atoms with E-state index in [0.29, 0.717) is 28.6 Å². The Morgan fingerprint density at radius 1 is 1.19 bits per heavy atom. The molecule has 1 aromatic carbocycles. The molecule has 0 spiro atoms. The molecule has 6 heteroatoms. The second-order valence-electron chi connectivity index (χ2n) is 4.21. The van der Waals surface area contributed by atoms with Gasteiger partial charge in [0.15, 0.2) is 0 Å². The van der Waals surface area contributed by atoms with Crippen LogP contribution in [0.3, 0.4) is 0 Å². The van der Waals surface area contributed by atoms with Crippen molar-refractivity contribution in [2.45, 2.75) is 6.61 Å². The Labute approximate surface area is 122 Å². The first-order valence-electron chi connectivity index (χ1n) is 6.24. The van der Waals surface area contributed by atoms with Crippen molar-refractivity contribution in [1.82, 2.24) is 4.98 Å². The maximum atomic E-state index is 12.1. The molecule has 0 atom stereocenters. The summed E-state index contributed by atoms with van der Waals surface area (Å²) in [5.74, 6) is 0.337. The van der Waals surface area contributed by atoms with Crippen molar-refractivity contribution < 1.29 is 19.0 Å². The summed E-state index contributed by atoms with van der Waals surface area (Å²) in [5.41, 5.74) is 7.07. The number of rotatable bonds is 5. The van der Waals surface area contributed by atoms with Crippen molar-refractivity contribution in [3.63, 3.8) is 0 Å². The van der Waals surface area contributed by atoms with Crippen LogP contribution in [-0.4, -0.2) is 25.2 Å². The van der Waals surface area contributed by atoms with E-state index in [4.69, 9.17) is 19.9 Å². The number of carbonyl (C=O) groups is 1. The van der Waals surface area contributed by atoms with Gasteiger partial charge in [0.25, 0.3) is 0 Å². The van der Waals surface area contributed by atoms with E-state index in [1.54, 1.807) is 36.4 Å². The molecular formula is C15H16N2O4. The Morgan fingerprint density at radius 2 is 2.00 bits per heavy atom. The number of hydrogen-bond acceptors (Lipinski definition) is 6. The van der Waals surface area contributed by atoms with Crippen LogP contribution < -0.4 is 15.2 Å². The van der Waals surface area contributed by atoms with Crippen LogP contribution in [0.2, 0.25) is 0 Å². The standard InChI is InChI=1S/C15H16N2O4/c1-19-13-8-10(16)6-7-12(13)15(18)21-9-11-4-3-5-14(17-11)20-2/h3-8H,9,16H2,1-2H3. The summed E-state index contributed by atoms with van der Waals surface area (Å²) in [6.45, 7) is 0.0452. The van der Waals surface area contributed by atoms with Gasteiger partial charge >= 0.3 is 5.97 Å². The highest BCUT2D eigenvalue weighted by Crippen LogP contribution is 2.22. The summed E-state index contributed by atoms with van der Waals surface area (Å²) in [5, 5.41) is 0. The van der Waals surface area contributed by atoms with Crippen molar-refractivity contribution in [1.29, 1.82) is 0 Å². The average Bonchev–Trinajstić information content (AvgIpc) is 2.52. The minimum absolute atomic E-state index is 0.0452. The molecule has 0 aliphatic carbocycles. The molecule has 0 bridgehead atoms. The van der Waals surface area contributed by atoms with E-state index in [1.807, 2.05) is 0 Å². The number of benzene rings is 1. The summed E-state index contributed by atoms with van der Waals surface area (Å²) >= 11 is 0. The van der Waals surface area contributed by atoms with Gasteiger partial charge in [-0.3, -0.25) is 0 Å². The Morgan fingerprint density at radius 3 is 2.71 bits per heavy atom. The number of esters is 1. The lowest BCUT2D eigenvalue weighted by molar-refractivity contribution is 0.0463.